The maximum atomic E-state index is 8.62. The number of hydrogen-bond donors (Lipinski definition) is 1. The highest BCUT2D eigenvalue weighted by atomic mass is 35.5. The van der Waals surface area contributed by atoms with Crippen LogP contribution in [0.2, 0.25) is 0 Å². The van der Waals surface area contributed by atoms with E-state index in [2.05, 4.69) is 6.92 Å². The van der Waals surface area contributed by atoms with Crippen LogP contribution in [0.4, 0.5) is 0 Å². The Labute approximate surface area is 74.8 Å². The van der Waals surface area contributed by atoms with Crippen LogP contribution in [0.5, 0.6) is 0 Å². The fourth-order valence-corrected chi connectivity index (χ4v) is 1.32. The molecular weight excluding hydrogens is 160 g/mol. The van der Waals surface area contributed by atoms with Crippen molar-refractivity contribution in [1.29, 1.82) is 0 Å². The zero-order chi connectivity index (χ0) is 8.53. The maximum absolute atomic E-state index is 8.62. The first-order chi connectivity index (χ1) is 5.31. The zero-order valence-corrected chi connectivity index (χ0v) is 8.11. The molecule has 1 N–H and O–H groups in total. The Balaban J connectivity index is 2.97. The predicted molar refractivity (Wildman–Crippen MR) is 50.1 cm³/mol. The Hall–Kier alpha value is 0.250. The lowest BCUT2D eigenvalue weighted by atomic mass is 10.0. The van der Waals surface area contributed by atoms with Gasteiger partial charge in [0.25, 0.3) is 0 Å². The molecule has 0 aromatic carbocycles. The Morgan fingerprint density at radius 3 is 2.45 bits per heavy atom. The summed E-state index contributed by atoms with van der Waals surface area (Å²) < 4.78 is 0. The molecule has 0 unspecified atom stereocenters. The van der Waals surface area contributed by atoms with Crippen molar-refractivity contribution in [2.45, 2.75) is 39.0 Å². The smallest absolute Gasteiger partial charge is 0.0433 e. The van der Waals surface area contributed by atoms with Crippen LogP contribution in [0.15, 0.2) is 0 Å². The van der Waals surface area contributed by atoms with Crippen LogP contribution in [0.3, 0.4) is 0 Å². The van der Waals surface area contributed by atoms with Crippen LogP contribution in [0.1, 0.15) is 39.0 Å². The van der Waals surface area contributed by atoms with Gasteiger partial charge >= 0.3 is 0 Å². The first kappa shape index (κ1) is 11.2. The molecule has 0 saturated heterocycles. The van der Waals surface area contributed by atoms with Crippen LogP contribution >= 0.6 is 11.6 Å². The van der Waals surface area contributed by atoms with Gasteiger partial charge in [-0.15, -0.1) is 11.6 Å². The standard InChI is InChI=1S/C9H19ClO/c1-9(6-8-11)5-3-2-4-7-10/h9,11H,2-8H2,1H3/t9-/m1/s1. The van der Waals surface area contributed by atoms with Gasteiger partial charge < -0.3 is 5.11 Å². The van der Waals surface area contributed by atoms with Gasteiger partial charge in [0.05, 0.1) is 0 Å². The van der Waals surface area contributed by atoms with E-state index >= 15 is 0 Å². The van der Waals surface area contributed by atoms with E-state index < -0.39 is 0 Å². The second-order valence-corrected chi connectivity index (χ2v) is 3.53. The molecule has 0 aromatic rings. The number of hydrogen-bond acceptors (Lipinski definition) is 1. The SMILES string of the molecule is C[C@@H](CCO)CCCCCCl. The van der Waals surface area contributed by atoms with Gasteiger partial charge in [0.15, 0.2) is 0 Å². The summed E-state index contributed by atoms with van der Waals surface area (Å²) in [6.45, 7) is 2.52. The molecule has 2 heteroatoms. The van der Waals surface area contributed by atoms with Crippen molar-refractivity contribution >= 4 is 11.6 Å². The number of aliphatic hydroxyl groups is 1. The number of aliphatic hydroxyl groups excluding tert-OH is 1. The third-order valence-electron chi connectivity index (χ3n) is 1.95. The largest absolute Gasteiger partial charge is 0.396 e. The Morgan fingerprint density at radius 1 is 1.18 bits per heavy atom. The molecular formula is C9H19ClO. The van der Waals surface area contributed by atoms with Gasteiger partial charge in [-0.2, -0.15) is 0 Å². The fourth-order valence-electron chi connectivity index (χ4n) is 1.13. The van der Waals surface area contributed by atoms with Gasteiger partial charge in [0, 0.05) is 12.5 Å². The molecule has 0 aliphatic carbocycles. The minimum absolute atomic E-state index is 0.330. The molecule has 0 spiro atoms. The van der Waals surface area contributed by atoms with E-state index in [1.807, 2.05) is 0 Å². The highest BCUT2D eigenvalue weighted by Crippen LogP contribution is 2.12. The summed E-state index contributed by atoms with van der Waals surface area (Å²) in [5.74, 6) is 1.46. The van der Waals surface area contributed by atoms with E-state index in [0.717, 1.165) is 18.7 Å². The molecule has 0 heterocycles. The fraction of sp³-hybridized carbons (Fsp3) is 1.00. The van der Waals surface area contributed by atoms with Crippen LogP contribution < -0.4 is 0 Å². The molecule has 0 saturated carbocycles. The monoisotopic (exact) mass is 178 g/mol. The van der Waals surface area contributed by atoms with Crippen molar-refractivity contribution in [3.05, 3.63) is 0 Å². The van der Waals surface area contributed by atoms with Gasteiger partial charge in [-0.25, -0.2) is 0 Å². The molecule has 1 atom stereocenters. The molecule has 0 amide bonds. The lowest BCUT2D eigenvalue weighted by molar-refractivity contribution is 0.256. The summed E-state index contributed by atoms with van der Waals surface area (Å²) in [7, 11) is 0. The summed E-state index contributed by atoms with van der Waals surface area (Å²) in [6.07, 6.45) is 5.80. The third kappa shape index (κ3) is 8.15. The zero-order valence-electron chi connectivity index (χ0n) is 7.35. The molecule has 0 rings (SSSR count). The Bertz CT molecular complexity index is 76.0. The van der Waals surface area contributed by atoms with E-state index in [9.17, 15) is 0 Å². The normalized spacial score (nSPS) is 13.4. The molecule has 68 valence electrons. The Kier molecular flexibility index (Phi) is 8.54. The van der Waals surface area contributed by atoms with Crippen LogP contribution in [0, 0.1) is 5.92 Å². The van der Waals surface area contributed by atoms with Crippen LogP contribution in [0.25, 0.3) is 0 Å². The minimum Gasteiger partial charge on any atom is -0.396 e. The number of halogens is 1. The van der Waals surface area contributed by atoms with E-state index in [1.54, 1.807) is 0 Å². The van der Waals surface area contributed by atoms with Gasteiger partial charge in [-0.3, -0.25) is 0 Å². The van der Waals surface area contributed by atoms with E-state index in [1.165, 1.54) is 19.3 Å². The summed E-state index contributed by atoms with van der Waals surface area (Å²) in [6, 6.07) is 0. The van der Waals surface area contributed by atoms with E-state index in [4.69, 9.17) is 16.7 Å². The number of alkyl halides is 1. The topological polar surface area (TPSA) is 20.2 Å². The van der Waals surface area contributed by atoms with Gasteiger partial charge in [0.2, 0.25) is 0 Å². The summed E-state index contributed by atoms with van der Waals surface area (Å²) in [5, 5.41) is 8.62. The van der Waals surface area contributed by atoms with Gasteiger partial charge in [-0.1, -0.05) is 26.2 Å². The lowest BCUT2D eigenvalue weighted by Gasteiger charge is -2.07. The van der Waals surface area contributed by atoms with Crippen molar-refractivity contribution in [2.24, 2.45) is 5.92 Å². The number of unbranched alkanes of at least 4 members (excludes halogenated alkanes) is 2. The lowest BCUT2D eigenvalue weighted by Crippen LogP contribution is -1.97. The van der Waals surface area contributed by atoms with E-state index in [-0.39, 0.29) is 0 Å². The highest BCUT2D eigenvalue weighted by Gasteiger charge is 1.99. The summed E-state index contributed by atoms with van der Waals surface area (Å²) in [5.41, 5.74) is 0. The summed E-state index contributed by atoms with van der Waals surface area (Å²) >= 11 is 5.54. The second kappa shape index (κ2) is 8.35. The average molecular weight is 179 g/mol. The van der Waals surface area contributed by atoms with Crippen molar-refractivity contribution < 1.29 is 5.11 Å². The van der Waals surface area contributed by atoms with E-state index in [0.29, 0.717) is 12.5 Å². The molecule has 0 bridgehead atoms. The average Bonchev–Trinajstić information content (AvgIpc) is 1.99. The third-order valence-corrected chi connectivity index (χ3v) is 2.22. The van der Waals surface area contributed by atoms with Gasteiger partial charge in [0.1, 0.15) is 0 Å². The van der Waals surface area contributed by atoms with Crippen LogP contribution in [-0.4, -0.2) is 17.6 Å². The minimum atomic E-state index is 0.330. The molecule has 0 fully saturated rings. The highest BCUT2D eigenvalue weighted by molar-refractivity contribution is 6.17. The van der Waals surface area contributed by atoms with Crippen molar-refractivity contribution in [3.63, 3.8) is 0 Å². The first-order valence-corrected chi connectivity index (χ1v) is 5.01. The van der Waals surface area contributed by atoms with Gasteiger partial charge in [-0.05, 0) is 18.8 Å². The van der Waals surface area contributed by atoms with Crippen molar-refractivity contribution in [2.75, 3.05) is 12.5 Å². The van der Waals surface area contributed by atoms with Crippen molar-refractivity contribution in [3.8, 4) is 0 Å². The molecule has 11 heavy (non-hydrogen) atoms. The number of rotatable bonds is 7. The van der Waals surface area contributed by atoms with Crippen LogP contribution in [-0.2, 0) is 0 Å². The first-order valence-electron chi connectivity index (χ1n) is 4.48. The molecule has 1 nitrogen and oxygen atoms in total. The molecule has 0 aromatic heterocycles. The quantitative estimate of drug-likeness (QED) is 0.470. The predicted octanol–water partition coefficient (Wildman–Crippen LogP) is 2.80. The molecule has 0 aliphatic heterocycles. The summed E-state index contributed by atoms with van der Waals surface area (Å²) in [4.78, 5) is 0. The molecule has 0 aliphatic rings. The molecule has 0 radical (unpaired) electrons. The Morgan fingerprint density at radius 2 is 1.91 bits per heavy atom. The second-order valence-electron chi connectivity index (χ2n) is 3.16. The maximum Gasteiger partial charge on any atom is 0.0433 e. The van der Waals surface area contributed by atoms with Crippen molar-refractivity contribution in [1.82, 2.24) is 0 Å².